The topological polar surface area (TPSA) is 182 Å². The van der Waals surface area contributed by atoms with Crippen LogP contribution in [0, 0.1) is 0 Å². The summed E-state index contributed by atoms with van der Waals surface area (Å²) >= 11 is 3.65. The molecule has 0 saturated heterocycles. The van der Waals surface area contributed by atoms with E-state index >= 15 is 0 Å². The van der Waals surface area contributed by atoms with Crippen molar-refractivity contribution in [3.05, 3.63) is 0 Å². The van der Waals surface area contributed by atoms with Gasteiger partial charge in [0.25, 0.3) is 0 Å². The Kier molecular flexibility index (Phi) is 8.47. The third-order valence-electron chi connectivity index (χ3n) is 2.66. The minimum absolute atomic E-state index is 0.363. The third kappa shape index (κ3) is 7.90. The number of carbonyl (C=O) groups excluding carboxylic acids is 1. The minimum Gasteiger partial charge on any atom is -0.481 e. The molecule has 2 amide bonds. The highest BCUT2D eigenvalue weighted by Crippen LogP contribution is 2.12. The Morgan fingerprint density at radius 2 is 1.35 bits per heavy atom. The van der Waals surface area contributed by atoms with Gasteiger partial charge in [0.2, 0.25) is 0 Å². The van der Waals surface area contributed by atoms with Crippen molar-refractivity contribution >= 4 is 42.7 Å². The van der Waals surface area contributed by atoms with Gasteiger partial charge < -0.3 is 25.7 Å². The van der Waals surface area contributed by atoms with Crippen LogP contribution in [0.15, 0.2) is 0 Å². The molecule has 0 aromatic carbocycles. The number of rotatable bonds is 10. The lowest BCUT2D eigenvalue weighted by molar-refractivity contribution is -0.142. The van der Waals surface area contributed by atoms with Crippen molar-refractivity contribution in [2.24, 2.45) is 0 Å². The number of urea groups is 1. The lowest BCUT2D eigenvalue weighted by Gasteiger charge is -2.25. The average Bonchev–Trinajstić information content (AvgIpc) is 2.41. The molecule has 23 heavy (non-hydrogen) atoms. The second-order valence-corrected chi connectivity index (χ2v) is 4.83. The predicted octanol–water partition coefficient (Wildman–Crippen LogP) is -0.521. The van der Waals surface area contributed by atoms with E-state index in [1.807, 2.05) is 5.32 Å². The summed E-state index contributed by atoms with van der Waals surface area (Å²) in [6.07, 6.45) is -1.91. The number of nitrogens with one attached hydrogen (secondary N) is 1. The van der Waals surface area contributed by atoms with E-state index in [4.69, 9.17) is 20.4 Å². The van der Waals surface area contributed by atoms with Crippen molar-refractivity contribution in [3.63, 3.8) is 0 Å². The first-order valence-electron chi connectivity index (χ1n) is 6.24. The smallest absolute Gasteiger partial charge is 0.328 e. The molecule has 0 aromatic heterocycles. The van der Waals surface area contributed by atoms with E-state index in [9.17, 15) is 24.0 Å². The van der Waals surface area contributed by atoms with E-state index in [1.165, 1.54) is 0 Å². The average molecular weight is 352 g/mol. The molecule has 0 radical (unpaired) electrons. The lowest BCUT2D eigenvalue weighted by Crippen LogP contribution is -2.50. The summed E-state index contributed by atoms with van der Waals surface area (Å²) in [6, 6.07) is -4.34. The van der Waals surface area contributed by atoms with Crippen molar-refractivity contribution in [2.75, 3.05) is 0 Å². The van der Waals surface area contributed by atoms with Crippen LogP contribution < -0.4 is 5.32 Å². The fourth-order valence-corrected chi connectivity index (χ4v) is 1.76. The van der Waals surface area contributed by atoms with E-state index in [1.54, 1.807) is 0 Å². The zero-order chi connectivity index (χ0) is 18.2. The van der Waals surface area contributed by atoms with Gasteiger partial charge in [0.1, 0.15) is 12.1 Å². The Bertz CT molecular complexity index is 496. The van der Waals surface area contributed by atoms with E-state index < -0.39 is 67.7 Å². The molecular weight excluding hydrogens is 336 g/mol. The Hall–Kier alpha value is -2.50. The summed E-state index contributed by atoms with van der Waals surface area (Å²) in [4.78, 5) is 54.7. The zero-order valence-corrected chi connectivity index (χ0v) is 12.6. The van der Waals surface area contributed by atoms with Gasteiger partial charge in [-0.3, -0.25) is 13.9 Å². The molecule has 0 heterocycles. The molecule has 5 N–H and O–H groups in total. The van der Waals surface area contributed by atoms with E-state index in [0.29, 0.717) is 4.31 Å². The van der Waals surface area contributed by atoms with Crippen LogP contribution >= 0.6 is 12.8 Å². The molecule has 0 spiro atoms. The standard InChI is InChI=1S/C11H16N2O9S/c14-7(15)3-1-5(9(18)19)12-11(22)13(23)6(10(20)21)2-4-8(16)17/h5-6,23H,1-4H2,(H,12,22)(H,14,15)(H,16,17)(H,18,19)(H,20,21). The summed E-state index contributed by atoms with van der Waals surface area (Å²) in [5.74, 6) is -5.56. The summed E-state index contributed by atoms with van der Waals surface area (Å²) in [6.45, 7) is 0. The zero-order valence-electron chi connectivity index (χ0n) is 11.7. The number of amides is 2. The Labute approximate surface area is 135 Å². The number of carboxylic acid groups (broad SMARTS) is 4. The van der Waals surface area contributed by atoms with E-state index in [0.717, 1.165) is 0 Å². The van der Waals surface area contributed by atoms with Crippen molar-refractivity contribution < 1.29 is 44.4 Å². The van der Waals surface area contributed by atoms with Gasteiger partial charge in [-0.1, -0.05) is 12.8 Å². The first-order valence-corrected chi connectivity index (χ1v) is 6.64. The number of hydrogen-bond donors (Lipinski definition) is 6. The Balaban J connectivity index is 4.86. The van der Waals surface area contributed by atoms with Gasteiger partial charge in [-0.15, -0.1) is 0 Å². The molecule has 0 fully saturated rings. The van der Waals surface area contributed by atoms with Gasteiger partial charge in [0.15, 0.2) is 0 Å². The first-order chi connectivity index (χ1) is 10.6. The van der Waals surface area contributed by atoms with Gasteiger partial charge in [0, 0.05) is 12.8 Å². The van der Waals surface area contributed by atoms with Crippen LogP contribution in [-0.2, 0) is 19.2 Å². The second kappa shape index (κ2) is 9.50. The number of carbonyl (C=O) groups is 5. The molecule has 0 aromatic rings. The molecule has 130 valence electrons. The quantitative estimate of drug-likeness (QED) is 0.282. The van der Waals surface area contributed by atoms with Gasteiger partial charge in [-0.25, -0.2) is 14.4 Å². The molecule has 0 bridgehead atoms. The van der Waals surface area contributed by atoms with E-state index in [-0.39, 0.29) is 0 Å². The van der Waals surface area contributed by atoms with Crippen molar-refractivity contribution in [1.29, 1.82) is 0 Å². The highest BCUT2D eigenvalue weighted by Gasteiger charge is 2.31. The van der Waals surface area contributed by atoms with Gasteiger partial charge in [0.05, 0.1) is 0 Å². The molecule has 12 heteroatoms. The molecular formula is C11H16N2O9S. The lowest BCUT2D eigenvalue weighted by atomic mass is 10.1. The fraction of sp³-hybridized carbons (Fsp3) is 0.545. The van der Waals surface area contributed by atoms with Crippen LogP contribution in [0.5, 0.6) is 0 Å². The van der Waals surface area contributed by atoms with Crippen LogP contribution in [-0.4, -0.2) is 66.7 Å². The maximum Gasteiger partial charge on any atom is 0.328 e. The van der Waals surface area contributed by atoms with Crippen LogP contribution in [0.4, 0.5) is 4.79 Å². The normalized spacial score (nSPS) is 12.7. The monoisotopic (exact) mass is 352 g/mol. The Morgan fingerprint density at radius 3 is 1.74 bits per heavy atom. The minimum atomic E-state index is -1.59. The van der Waals surface area contributed by atoms with Crippen molar-refractivity contribution in [2.45, 2.75) is 37.8 Å². The maximum absolute atomic E-state index is 11.8. The Morgan fingerprint density at radius 1 is 0.870 bits per heavy atom. The molecule has 0 aliphatic rings. The number of aliphatic carboxylic acids is 4. The molecule has 2 unspecified atom stereocenters. The van der Waals surface area contributed by atoms with Gasteiger partial charge in [-0.05, 0) is 12.8 Å². The van der Waals surface area contributed by atoms with Crippen molar-refractivity contribution in [1.82, 2.24) is 9.62 Å². The summed E-state index contributed by atoms with van der Waals surface area (Å²) in [7, 11) is 0. The third-order valence-corrected chi connectivity index (χ3v) is 3.12. The number of thiol groups is 1. The highest BCUT2D eigenvalue weighted by molar-refractivity contribution is 7.78. The molecule has 0 aliphatic heterocycles. The summed E-state index contributed by atoms with van der Waals surface area (Å²) in [5.41, 5.74) is 0. The maximum atomic E-state index is 11.8. The van der Waals surface area contributed by atoms with Gasteiger partial charge >= 0.3 is 29.9 Å². The van der Waals surface area contributed by atoms with Crippen LogP contribution in [0.2, 0.25) is 0 Å². The van der Waals surface area contributed by atoms with E-state index in [2.05, 4.69) is 12.8 Å². The second-order valence-electron chi connectivity index (χ2n) is 4.40. The SMILES string of the molecule is O=C(O)CCC(NC(=O)N(S)C(CCC(=O)O)C(=O)O)C(=O)O. The molecule has 2 atom stereocenters. The molecule has 0 saturated carbocycles. The molecule has 0 rings (SSSR count). The number of carboxylic acids is 4. The predicted molar refractivity (Wildman–Crippen MR) is 75.9 cm³/mol. The summed E-state index contributed by atoms with van der Waals surface area (Å²) in [5, 5.41) is 36.8. The van der Waals surface area contributed by atoms with Crippen LogP contribution in [0.25, 0.3) is 0 Å². The first kappa shape index (κ1) is 20.5. The molecule has 11 nitrogen and oxygen atoms in total. The number of hydrogen-bond acceptors (Lipinski definition) is 6. The van der Waals surface area contributed by atoms with Crippen LogP contribution in [0.3, 0.4) is 0 Å². The fourth-order valence-electron chi connectivity index (χ4n) is 1.49. The highest BCUT2D eigenvalue weighted by atomic mass is 32.1. The van der Waals surface area contributed by atoms with Crippen molar-refractivity contribution in [3.8, 4) is 0 Å². The van der Waals surface area contributed by atoms with Crippen LogP contribution in [0.1, 0.15) is 25.7 Å². The number of nitrogens with zero attached hydrogens (tertiary/aromatic N) is 1. The van der Waals surface area contributed by atoms with Gasteiger partial charge in [-0.2, -0.15) is 0 Å². The molecule has 0 aliphatic carbocycles. The summed E-state index contributed by atoms with van der Waals surface area (Å²) < 4.78 is 0.363. The largest absolute Gasteiger partial charge is 0.481 e.